The molecule has 140 valence electrons. The van der Waals surface area contributed by atoms with Gasteiger partial charge < -0.3 is 14.4 Å². The Kier molecular flexibility index (Phi) is 4.48. The quantitative estimate of drug-likeness (QED) is 0.778. The van der Waals surface area contributed by atoms with Crippen molar-refractivity contribution in [2.24, 2.45) is 7.05 Å². The highest BCUT2D eigenvalue weighted by Gasteiger charge is 2.29. The number of piperazine rings is 1. The zero-order valence-electron chi connectivity index (χ0n) is 16.0. The van der Waals surface area contributed by atoms with Gasteiger partial charge in [0.25, 0.3) is 5.91 Å². The first kappa shape index (κ1) is 17.4. The lowest BCUT2D eigenvalue weighted by Crippen LogP contribution is -2.54. The fourth-order valence-electron chi connectivity index (χ4n) is 3.69. The van der Waals surface area contributed by atoms with Crippen LogP contribution in [-0.2, 0) is 7.05 Å². The van der Waals surface area contributed by atoms with Gasteiger partial charge in [0.15, 0.2) is 0 Å². The second-order valence-corrected chi connectivity index (χ2v) is 7.30. The molecular weight excluding hydrogens is 338 g/mol. The summed E-state index contributed by atoms with van der Waals surface area (Å²) < 4.78 is 1.99. The minimum absolute atomic E-state index is 0.0130. The molecule has 0 radical (unpaired) electrons. The second-order valence-electron chi connectivity index (χ2n) is 7.30. The van der Waals surface area contributed by atoms with E-state index >= 15 is 0 Å². The van der Waals surface area contributed by atoms with Crippen molar-refractivity contribution in [2.75, 3.05) is 24.5 Å². The van der Waals surface area contributed by atoms with Gasteiger partial charge in [-0.1, -0.05) is 17.7 Å². The van der Waals surface area contributed by atoms with Crippen LogP contribution in [-0.4, -0.2) is 51.2 Å². The molecule has 1 amide bonds. The molecule has 4 rings (SSSR count). The molecule has 1 N–H and O–H groups in total. The molecule has 1 aliphatic rings. The van der Waals surface area contributed by atoms with Crippen molar-refractivity contribution in [1.29, 1.82) is 0 Å². The molecule has 27 heavy (non-hydrogen) atoms. The Morgan fingerprint density at radius 2 is 1.96 bits per heavy atom. The summed E-state index contributed by atoms with van der Waals surface area (Å²) in [6.07, 6.45) is 1.97. The zero-order chi connectivity index (χ0) is 19.0. The smallest absolute Gasteiger partial charge is 0.272 e. The van der Waals surface area contributed by atoms with Crippen LogP contribution in [0.4, 0.5) is 5.69 Å². The molecule has 6 heteroatoms. The number of anilines is 1. The van der Waals surface area contributed by atoms with Gasteiger partial charge >= 0.3 is 0 Å². The van der Waals surface area contributed by atoms with Gasteiger partial charge in [-0.3, -0.25) is 9.89 Å². The normalized spacial score (nSPS) is 17.4. The molecule has 1 aromatic carbocycles. The summed E-state index contributed by atoms with van der Waals surface area (Å²) >= 11 is 0. The first-order valence-electron chi connectivity index (χ1n) is 9.32. The van der Waals surface area contributed by atoms with Gasteiger partial charge in [-0.2, -0.15) is 5.10 Å². The summed E-state index contributed by atoms with van der Waals surface area (Å²) in [5, 5.41) is 7.25. The number of aryl methyl sites for hydroxylation is 2. The number of hydrogen-bond acceptors (Lipinski definition) is 3. The van der Waals surface area contributed by atoms with Crippen molar-refractivity contribution >= 4 is 11.6 Å². The molecule has 0 bridgehead atoms. The summed E-state index contributed by atoms with van der Waals surface area (Å²) in [7, 11) is 1.97. The number of amides is 1. The Morgan fingerprint density at radius 1 is 1.19 bits per heavy atom. The van der Waals surface area contributed by atoms with E-state index in [0.29, 0.717) is 12.2 Å². The number of aromatic nitrogens is 3. The van der Waals surface area contributed by atoms with E-state index in [2.05, 4.69) is 53.2 Å². The van der Waals surface area contributed by atoms with Crippen LogP contribution in [0.2, 0.25) is 0 Å². The van der Waals surface area contributed by atoms with Crippen molar-refractivity contribution in [3.05, 3.63) is 59.9 Å². The van der Waals surface area contributed by atoms with Crippen LogP contribution in [0, 0.1) is 6.92 Å². The standard InChI is InChI=1S/C21H25N5O/c1-15-6-8-17(9-7-15)25-11-12-26(16(2)14-25)21(27)19-13-18(22-23-19)20-5-4-10-24(20)3/h4-10,13,16H,11-12,14H2,1-3H3,(H,22,23)/t16-/m1/s1. The molecule has 1 atom stereocenters. The molecule has 1 aliphatic heterocycles. The van der Waals surface area contributed by atoms with E-state index < -0.39 is 0 Å². The number of aromatic amines is 1. The van der Waals surface area contributed by atoms with Crippen molar-refractivity contribution in [3.63, 3.8) is 0 Å². The predicted molar refractivity (Wildman–Crippen MR) is 107 cm³/mol. The number of nitrogens with zero attached hydrogens (tertiary/aromatic N) is 4. The highest BCUT2D eigenvalue weighted by molar-refractivity contribution is 5.93. The second kappa shape index (κ2) is 6.95. The topological polar surface area (TPSA) is 57.2 Å². The molecular formula is C21H25N5O. The monoisotopic (exact) mass is 363 g/mol. The van der Waals surface area contributed by atoms with Gasteiger partial charge in [-0.15, -0.1) is 0 Å². The summed E-state index contributed by atoms with van der Waals surface area (Å²) in [6, 6.07) is 14.5. The third-order valence-corrected chi connectivity index (χ3v) is 5.30. The number of hydrogen-bond donors (Lipinski definition) is 1. The highest BCUT2D eigenvalue weighted by Crippen LogP contribution is 2.22. The van der Waals surface area contributed by atoms with E-state index in [1.807, 2.05) is 40.9 Å². The first-order chi connectivity index (χ1) is 13.0. The molecule has 0 spiro atoms. The van der Waals surface area contributed by atoms with E-state index in [-0.39, 0.29) is 11.9 Å². The first-order valence-corrected chi connectivity index (χ1v) is 9.32. The van der Waals surface area contributed by atoms with Crippen molar-refractivity contribution in [3.8, 4) is 11.4 Å². The van der Waals surface area contributed by atoms with Crippen LogP contribution in [0.3, 0.4) is 0 Å². The average Bonchev–Trinajstić information content (AvgIpc) is 3.30. The van der Waals surface area contributed by atoms with Crippen LogP contribution in [0.25, 0.3) is 11.4 Å². The van der Waals surface area contributed by atoms with Crippen molar-refractivity contribution in [1.82, 2.24) is 19.7 Å². The third-order valence-electron chi connectivity index (χ3n) is 5.30. The number of nitrogens with one attached hydrogen (secondary N) is 1. The number of benzene rings is 1. The summed E-state index contributed by atoms with van der Waals surface area (Å²) in [5.41, 5.74) is 4.79. The van der Waals surface area contributed by atoms with Crippen molar-refractivity contribution in [2.45, 2.75) is 19.9 Å². The maximum absolute atomic E-state index is 13.0. The molecule has 1 fully saturated rings. The number of carbonyl (C=O) groups is 1. The van der Waals surface area contributed by atoms with E-state index in [1.54, 1.807) is 0 Å². The SMILES string of the molecule is Cc1ccc(N2CCN(C(=O)c3cc(-c4cccn4C)n[nH]3)[C@H](C)C2)cc1. The molecule has 6 nitrogen and oxygen atoms in total. The number of rotatable bonds is 3. The Morgan fingerprint density at radius 3 is 2.63 bits per heavy atom. The van der Waals surface area contributed by atoms with E-state index in [9.17, 15) is 4.79 Å². The summed E-state index contributed by atoms with van der Waals surface area (Å²) in [5.74, 6) is 0.0130. The van der Waals surface area contributed by atoms with E-state index in [4.69, 9.17) is 0 Å². The lowest BCUT2D eigenvalue weighted by molar-refractivity contribution is 0.0668. The lowest BCUT2D eigenvalue weighted by atomic mass is 10.1. The Labute approximate surface area is 159 Å². The van der Waals surface area contributed by atoms with Crippen molar-refractivity contribution < 1.29 is 4.79 Å². The minimum Gasteiger partial charge on any atom is -0.368 e. The largest absolute Gasteiger partial charge is 0.368 e. The molecule has 1 saturated heterocycles. The van der Waals surface area contributed by atoms with Gasteiger partial charge in [0.2, 0.25) is 0 Å². The lowest BCUT2D eigenvalue weighted by Gasteiger charge is -2.40. The zero-order valence-corrected chi connectivity index (χ0v) is 16.0. The Bertz CT molecular complexity index is 940. The Hall–Kier alpha value is -3.02. The Balaban J connectivity index is 1.47. The van der Waals surface area contributed by atoms with Crippen LogP contribution < -0.4 is 4.90 Å². The van der Waals surface area contributed by atoms with Gasteiger partial charge in [0.05, 0.1) is 5.69 Å². The molecule has 0 aliphatic carbocycles. The molecule has 3 aromatic rings. The number of H-pyrrole nitrogens is 1. The van der Waals surface area contributed by atoms with Gasteiger partial charge in [-0.25, -0.2) is 0 Å². The van der Waals surface area contributed by atoms with Crippen LogP contribution in [0.1, 0.15) is 23.0 Å². The number of carbonyl (C=O) groups excluding carboxylic acids is 1. The average molecular weight is 363 g/mol. The maximum atomic E-state index is 13.0. The molecule has 0 saturated carbocycles. The fourth-order valence-corrected chi connectivity index (χ4v) is 3.69. The molecule has 3 heterocycles. The van der Waals surface area contributed by atoms with Gasteiger partial charge in [-0.05, 0) is 44.2 Å². The molecule has 2 aromatic heterocycles. The fraction of sp³-hybridized carbons (Fsp3) is 0.333. The van der Waals surface area contributed by atoms with Gasteiger partial charge in [0, 0.05) is 44.6 Å². The summed E-state index contributed by atoms with van der Waals surface area (Å²) in [6.45, 7) is 6.56. The minimum atomic E-state index is 0.0130. The molecule has 0 unspecified atom stereocenters. The van der Waals surface area contributed by atoms with Crippen LogP contribution in [0.5, 0.6) is 0 Å². The van der Waals surface area contributed by atoms with E-state index in [0.717, 1.165) is 24.5 Å². The highest BCUT2D eigenvalue weighted by atomic mass is 16.2. The van der Waals surface area contributed by atoms with Gasteiger partial charge in [0.1, 0.15) is 11.4 Å². The maximum Gasteiger partial charge on any atom is 0.272 e. The predicted octanol–water partition coefficient (Wildman–Crippen LogP) is 3.07. The van der Waals surface area contributed by atoms with Crippen LogP contribution >= 0.6 is 0 Å². The third kappa shape index (κ3) is 3.35. The van der Waals surface area contributed by atoms with Crippen LogP contribution in [0.15, 0.2) is 48.7 Å². The summed E-state index contributed by atoms with van der Waals surface area (Å²) in [4.78, 5) is 17.3. The van der Waals surface area contributed by atoms with E-state index in [1.165, 1.54) is 11.3 Å².